The normalized spacial score (nSPS) is 24.4. The van der Waals surface area contributed by atoms with Gasteiger partial charge in [0.05, 0.1) is 13.2 Å². The van der Waals surface area contributed by atoms with Crippen LogP contribution in [0.2, 0.25) is 0 Å². The van der Waals surface area contributed by atoms with Crippen molar-refractivity contribution >= 4 is 0 Å². The largest absolute Gasteiger partial charge is 0.376 e. The van der Waals surface area contributed by atoms with Gasteiger partial charge in [0.15, 0.2) is 0 Å². The van der Waals surface area contributed by atoms with Crippen LogP contribution in [0.3, 0.4) is 0 Å². The number of nitrogens with one attached hydrogen (secondary N) is 1. The monoisotopic (exact) mass is 217 g/mol. The van der Waals surface area contributed by atoms with Gasteiger partial charge in [0.25, 0.3) is 0 Å². The molecule has 2 heteroatoms. The topological polar surface area (TPSA) is 21.3 Å². The SMILES string of the molecule is c1cc2c(c(CC3CCNC3)c1)CCOC2. The summed E-state index contributed by atoms with van der Waals surface area (Å²) in [6, 6.07) is 6.71. The van der Waals surface area contributed by atoms with Crippen LogP contribution in [-0.2, 0) is 24.2 Å². The Kier molecular flexibility index (Phi) is 2.94. The van der Waals surface area contributed by atoms with E-state index in [9.17, 15) is 0 Å². The van der Waals surface area contributed by atoms with Crippen LogP contribution in [0.5, 0.6) is 0 Å². The predicted octanol–water partition coefficient (Wildman–Crippen LogP) is 1.91. The van der Waals surface area contributed by atoms with Crippen molar-refractivity contribution in [1.82, 2.24) is 5.32 Å². The zero-order valence-corrected chi connectivity index (χ0v) is 9.67. The first-order chi connectivity index (χ1) is 7.93. The van der Waals surface area contributed by atoms with Gasteiger partial charge in [0, 0.05) is 0 Å². The van der Waals surface area contributed by atoms with Crippen LogP contribution in [0.15, 0.2) is 18.2 Å². The minimum atomic E-state index is 0.812. The van der Waals surface area contributed by atoms with Gasteiger partial charge in [-0.15, -0.1) is 0 Å². The Hall–Kier alpha value is -0.860. The van der Waals surface area contributed by atoms with E-state index in [-0.39, 0.29) is 0 Å². The lowest BCUT2D eigenvalue weighted by Crippen LogP contribution is -2.15. The van der Waals surface area contributed by atoms with Gasteiger partial charge in [0.2, 0.25) is 0 Å². The van der Waals surface area contributed by atoms with Crippen molar-refractivity contribution in [3.05, 3.63) is 34.9 Å². The average molecular weight is 217 g/mol. The second kappa shape index (κ2) is 4.56. The highest BCUT2D eigenvalue weighted by molar-refractivity contribution is 5.36. The number of benzene rings is 1. The summed E-state index contributed by atoms with van der Waals surface area (Å²) in [6.45, 7) is 4.10. The molecule has 2 nitrogen and oxygen atoms in total. The molecule has 0 spiro atoms. The summed E-state index contributed by atoms with van der Waals surface area (Å²) in [4.78, 5) is 0. The maximum absolute atomic E-state index is 5.51. The van der Waals surface area contributed by atoms with E-state index in [2.05, 4.69) is 23.5 Å². The Morgan fingerprint density at radius 1 is 1.38 bits per heavy atom. The summed E-state index contributed by atoms with van der Waals surface area (Å²) in [5.41, 5.74) is 4.55. The van der Waals surface area contributed by atoms with Crippen molar-refractivity contribution in [3.8, 4) is 0 Å². The van der Waals surface area contributed by atoms with Crippen LogP contribution in [0.4, 0.5) is 0 Å². The third-order valence-electron chi connectivity index (χ3n) is 3.79. The van der Waals surface area contributed by atoms with E-state index < -0.39 is 0 Å². The number of ether oxygens (including phenoxy) is 1. The molecule has 2 aliphatic heterocycles. The van der Waals surface area contributed by atoms with E-state index in [1.807, 2.05) is 0 Å². The highest BCUT2D eigenvalue weighted by Crippen LogP contribution is 2.24. The lowest BCUT2D eigenvalue weighted by atomic mass is 9.90. The molecular formula is C14H19NO. The molecule has 3 rings (SSSR count). The first-order valence-electron chi connectivity index (χ1n) is 6.31. The minimum absolute atomic E-state index is 0.812. The van der Waals surface area contributed by atoms with E-state index in [0.29, 0.717) is 0 Å². The third kappa shape index (κ3) is 2.00. The molecule has 1 fully saturated rings. The summed E-state index contributed by atoms with van der Waals surface area (Å²) >= 11 is 0. The molecule has 86 valence electrons. The molecule has 2 heterocycles. The molecule has 0 aromatic heterocycles. The van der Waals surface area contributed by atoms with Crippen LogP contribution >= 0.6 is 0 Å². The first-order valence-corrected chi connectivity index (χ1v) is 6.31. The van der Waals surface area contributed by atoms with Gasteiger partial charge in [0.1, 0.15) is 0 Å². The Balaban J connectivity index is 1.82. The van der Waals surface area contributed by atoms with Gasteiger partial charge < -0.3 is 10.1 Å². The Morgan fingerprint density at radius 2 is 2.38 bits per heavy atom. The summed E-state index contributed by atoms with van der Waals surface area (Å²) in [7, 11) is 0. The zero-order chi connectivity index (χ0) is 10.8. The van der Waals surface area contributed by atoms with E-state index in [1.54, 1.807) is 11.1 Å². The Labute approximate surface area is 97.0 Å². The second-order valence-corrected chi connectivity index (χ2v) is 4.92. The maximum Gasteiger partial charge on any atom is 0.0719 e. The van der Waals surface area contributed by atoms with Crippen molar-refractivity contribution in [3.63, 3.8) is 0 Å². The van der Waals surface area contributed by atoms with Gasteiger partial charge in [-0.05, 0) is 55.0 Å². The van der Waals surface area contributed by atoms with Gasteiger partial charge in [-0.1, -0.05) is 18.2 Å². The number of hydrogen-bond donors (Lipinski definition) is 1. The summed E-state index contributed by atoms with van der Waals surface area (Å²) in [5, 5.41) is 3.45. The second-order valence-electron chi connectivity index (χ2n) is 4.92. The number of fused-ring (bicyclic) bond motifs is 1. The van der Waals surface area contributed by atoms with Crippen molar-refractivity contribution < 1.29 is 4.74 Å². The summed E-state index contributed by atoms with van der Waals surface area (Å²) in [6.07, 6.45) is 3.68. The average Bonchev–Trinajstić information content (AvgIpc) is 2.82. The van der Waals surface area contributed by atoms with E-state index in [1.165, 1.54) is 31.5 Å². The molecular weight excluding hydrogens is 198 g/mol. The molecule has 16 heavy (non-hydrogen) atoms. The smallest absolute Gasteiger partial charge is 0.0719 e. The fraction of sp³-hybridized carbons (Fsp3) is 0.571. The lowest BCUT2D eigenvalue weighted by Gasteiger charge is -2.21. The molecule has 0 radical (unpaired) electrons. The van der Waals surface area contributed by atoms with E-state index in [4.69, 9.17) is 4.74 Å². The Bertz CT molecular complexity index is 369. The van der Waals surface area contributed by atoms with Crippen molar-refractivity contribution in [2.24, 2.45) is 5.92 Å². The van der Waals surface area contributed by atoms with Gasteiger partial charge in [-0.2, -0.15) is 0 Å². The van der Waals surface area contributed by atoms with Gasteiger partial charge >= 0.3 is 0 Å². The van der Waals surface area contributed by atoms with Gasteiger partial charge in [-0.3, -0.25) is 0 Å². The van der Waals surface area contributed by atoms with Crippen LogP contribution in [0, 0.1) is 5.92 Å². The molecule has 1 atom stereocenters. The minimum Gasteiger partial charge on any atom is -0.376 e. The molecule has 0 aliphatic carbocycles. The molecule has 0 bridgehead atoms. The van der Waals surface area contributed by atoms with Crippen LogP contribution in [0.25, 0.3) is 0 Å². The predicted molar refractivity (Wildman–Crippen MR) is 64.5 cm³/mol. The standard InChI is InChI=1S/C14H19NO/c1-2-12(8-11-4-6-15-9-11)14-5-7-16-10-13(14)3-1/h1-3,11,15H,4-10H2. The molecule has 2 aliphatic rings. The highest BCUT2D eigenvalue weighted by Gasteiger charge is 2.18. The fourth-order valence-electron chi connectivity index (χ4n) is 2.89. The van der Waals surface area contributed by atoms with E-state index >= 15 is 0 Å². The molecule has 1 unspecified atom stereocenters. The molecule has 1 aromatic rings. The van der Waals surface area contributed by atoms with Crippen LogP contribution < -0.4 is 5.32 Å². The molecule has 0 amide bonds. The molecule has 1 N–H and O–H groups in total. The van der Waals surface area contributed by atoms with Crippen LogP contribution in [-0.4, -0.2) is 19.7 Å². The molecule has 1 aromatic carbocycles. The van der Waals surface area contributed by atoms with Crippen molar-refractivity contribution in [1.29, 1.82) is 0 Å². The van der Waals surface area contributed by atoms with Crippen LogP contribution in [0.1, 0.15) is 23.1 Å². The third-order valence-corrected chi connectivity index (χ3v) is 3.79. The summed E-state index contributed by atoms with van der Waals surface area (Å²) in [5.74, 6) is 0.842. The Morgan fingerprint density at radius 3 is 3.25 bits per heavy atom. The number of rotatable bonds is 2. The lowest BCUT2D eigenvalue weighted by molar-refractivity contribution is 0.110. The molecule has 0 saturated carbocycles. The number of hydrogen-bond acceptors (Lipinski definition) is 2. The van der Waals surface area contributed by atoms with E-state index in [0.717, 1.165) is 25.6 Å². The maximum atomic E-state index is 5.51. The summed E-state index contributed by atoms with van der Waals surface area (Å²) < 4.78 is 5.51. The van der Waals surface area contributed by atoms with Gasteiger partial charge in [-0.25, -0.2) is 0 Å². The quantitative estimate of drug-likeness (QED) is 0.817. The van der Waals surface area contributed by atoms with Crippen molar-refractivity contribution in [2.75, 3.05) is 19.7 Å². The fourth-order valence-corrected chi connectivity index (χ4v) is 2.89. The first kappa shape index (κ1) is 10.3. The highest BCUT2D eigenvalue weighted by atomic mass is 16.5. The molecule has 1 saturated heterocycles. The van der Waals surface area contributed by atoms with Crippen molar-refractivity contribution in [2.45, 2.75) is 25.9 Å². The zero-order valence-electron chi connectivity index (χ0n) is 9.67.